The van der Waals surface area contributed by atoms with E-state index in [-0.39, 0.29) is 19.2 Å². The Labute approximate surface area is 40.0 Å². The van der Waals surface area contributed by atoms with Gasteiger partial charge in [-0.05, 0) is 0 Å². The van der Waals surface area contributed by atoms with Crippen LogP contribution in [0.1, 0.15) is 6.92 Å². The van der Waals surface area contributed by atoms with Crippen molar-refractivity contribution in [2.45, 2.75) is 11.4 Å². The summed E-state index contributed by atoms with van der Waals surface area (Å²) in [6, 6.07) is 0. The summed E-state index contributed by atoms with van der Waals surface area (Å²) in [4.78, 5) is 0. The van der Waals surface area contributed by atoms with Gasteiger partial charge in [0.2, 0.25) is 0 Å². The average molecular weight is 180 g/mol. The van der Waals surface area contributed by atoms with Crippen molar-refractivity contribution in [3.8, 4) is 0 Å². The standard InChI is InChI=1S/C2H5.S.Sn/c1-2;;/h1H2,2H3;;. The van der Waals surface area contributed by atoms with Crippen molar-refractivity contribution >= 4 is 28.5 Å². The van der Waals surface area contributed by atoms with Crippen molar-refractivity contribution in [2.75, 3.05) is 0 Å². The van der Waals surface area contributed by atoms with Gasteiger partial charge in [-0.3, -0.25) is 0 Å². The van der Waals surface area contributed by atoms with Crippen LogP contribution in [0.5, 0.6) is 0 Å². The van der Waals surface area contributed by atoms with Crippen LogP contribution in [0, 0.1) is 0 Å². The molecule has 0 amide bonds. The molecule has 0 nitrogen and oxygen atoms in total. The summed E-state index contributed by atoms with van der Waals surface area (Å²) >= 11 is -0.193. The predicted octanol–water partition coefficient (Wildman–Crippen LogP) is 1.24. The third-order valence-corrected chi connectivity index (χ3v) is 2.90. The van der Waals surface area contributed by atoms with Gasteiger partial charge in [0.25, 0.3) is 0 Å². The SMILES string of the molecule is C[CH2][Sn]=[S]. The Balaban J connectivity index is 2.30. The van der Waals surface area contributed by atoms with Gasteiger partial charge in [0.05, 0.1) is 0 Å². The van der Waals surface area contributed by atoms with Crippen LogP contribution in [-0.4, -0.2) is 19.2 Å². The fraction of sp³-hybridized carbons (Fsp3) is 1.00. The van der Waals surface area contributed by atoms with Gasteiger partial charge in [-0.25, -0.2) is 0 Å². The first-order chi connectivity index (χ1) is 1.91. The molecule has 0 aliphatic carbocycles. The van der Waals surface area contributed by atoms with Gasteiger partial charge in [-0.1, -0.05) is 0 Å². The van der Waals surface area contributed by atoms with E-state index < -0.39 is 0 Å². The van der Waals surface area contributed by atoms with E-state index in [1.54, 1.807) is 0 Å². The van der Waals surface area contributed by atoms with Gasteiger partial charge in [0.15, 0.2) is 0 Å². The maximum atomic E-state index is 4.72. The third-order valence-electron chi connectivity index (χ3n) is 0.144. The molecular formula is C2H5SSn. The van der Waals surface area contributed by atoms with Crippen LogP contribution in [0.3, 0.4) is 0 Å². The van der Waals surface area contributed by atoms with Crippen molar-refractivity contribution in [2.24, 2.45) is 0 Å². The molecule has 0 N–H and O–H groups in total. The molecule has 0 unspecified atom stereocenters. The molecule has 23 valence electrons. The quantitative estimate of drug-likeness (QED) is 0.547. The van der Waals surface area contributed by atoms with E-state index in [1.807, 2.05) is 0 Å². The molecule has 0 aromatic heterocycles. The van der Waals surface area contributed by atoms with Crippen molar-refractivity contribution in [1.29, 1.82) is 0 Å². The second-order valence-corrected chi connectivity index (χ2v) is 5.28. The molecule has 0 saturated carbocycles. The molecular weight excluding hydrogens is 175 g/mol. The molecule has 0 bridgehead atoms. The molecule has 1 radical (unpaired) electrons. The van der Waals surface area contributed by atoms with E-state index in [0.717, 1.165) is 0 Å². The van der Waals surface area contributed by atoms with E-state index in [4.69, 9.17) is 9.29 Å². The van der Waals surface area contributed by atoms with E-state index in [2.05, 4.69) is 6.92 Å². The normalized spacial score (nSPS) is 6.25. The number of hydrogen-bond acceptors (Lipinski definition) is 1. The number of hydrogen-bond donors (Lipinski definition) is 0. The van der Waals surface area contributed by atoms with Crippen LogP contribution in [0.2, 0.25) is 4.44 Å². The van der Waals surface area contributed by atoms with Crippen molar-refractivity contribution in [3.05, 3.63) is 0 Å². The molecule has 0 aliphatic heterocycles. The molecule has 0 aliphatic rings. The van der Waals surface area contributed by atoms with Crippen molar-refractivity contribution in [3.63, 3.8) is 0 Å². The van der Waals surface area contributed by atoms with Gasteiger partial charge in [0, 0.05) is 0 Å². The molecule has 0 rings (SSSR count). The second-order valence-electron chi connectivity index (χ2n) is 0.498. The molecule has 0 spiro atoms. The molecule has 0 aromatic carbocycles. The maximum absolute atomic E-state index is 4.72. The molecule has 0 atom stereocenters. The average Bonchev–Trinajstić information content (AvgIpc) is 1.37. The van der Waals surface area contributed by atoms with E-state index in [0.29, 0.717) is 0 Å². The van der Waals surface area contributed by atoms with Gasteiger partial charge < -0.3 is 0 Å². The van der Waals surface area contributed by atoms with Crippen LogP contribution in [0.4, 0.5) is 0 Å². The van der Waals surface area contributed by atoms with Crippen LogP contribution in [0.25, 0.3) is 0 Å². The summed E-state index contributed by atoms with van der Waals surface area (Å²) in [6.45, 7) is 2.15. The first-order valence-corrected chi connectivity index (χ1v) is 7.19. The fourth-order valence-corrected chi connectivity index (χ4v) is 0. The Morgan fingerprint density at radius 2 is 2.25 bits per heavy atom. The number of rotatable bonds is 1. The monoisotopic (exact) mass is 181 g/mol. The molecule has 0 fully saturated rings. The van der Waals surface area contributed by atoms with Crippen LogP contribution in [-0.2, 0) is 0 Å². The summed E-state index contributed by atoms with van der Waals surface area (Å²) in [7, 11) is 4.72. The molecule has 0 heterocycles. The van der Waals surface area contributed by atoms with E-state index in [9.17, 15) is 0 Å². The van der Waals surface area contributed by atoms with Gasteiger partial charge in [-0.2, -0.15) is 0 Å². The molecule has 0 aromatic rings. The Morgan fingerprint density at radius 1 is 2.00 bits per heavy atom. The van der Waals surface area contributed by atoms with Crippen molar-refractivity contribution in [1.82, 2.24) is 0 Å². The predicted molar refractivity (Wildman–Crippen MR) is 23.8 cm³/mol. The zero-order chi connectivity index (χ0) is 3.41. The Hall–Kier alpha value is 1.02. The van der Waals surface area contributed by atoms with E-state index in [1.165, 1.54) is 4.44 Å². The van der Waals surface area contributed by atoms with Crippen LogP contribution in [0.15, 0.2) is 0 Å². The summed E-state index contributed by atoms with van der Waals surface area (Å²) in [5, 5.41) is 0. The molecule has 0 saturated heterocycles. The summed E-state index contributed by atoms with van der Waals surface area (Å²) < 4.78 is 1.30. The summed E-state index contributed by atoms with van der Waals surface area (Å²) in [5.41, 5.74) is 0. The van der Waals surface area contributed by atoms with Crippen molar-refractivity contribution < 1.29 is 0 Å². The fourth-order valence-electron chi connectivity index (χ4n) is 0. The first-order valence-electron chi connectivity index (χ1n) is 1.26. The Morgan fingerprint density at radius 3 is 2.25 bits per heavy atom. The van der Waals surface area contributed by atoms with Gasteiger partial charge >= 0.3 is 39.8 Å². The molecule has 4 heavy (non-hydrogen) atoms. The zero-order valence-corrected chi connectivity index (χ0v) is 6.29. The van der Waals surface area contributed by atoms with Gasteiger partial charge in [0.1, 0.15) is 0 Å². The van der Waals surface area contributed by atoms with Crippen LogP contribution >= 0.6 is 9.29 Å². The minimum absolute atomic E-state index is 0.193. The van der Waals surface area contributed by atoms with Crippen LogP contribution < -0.4 is 0 Å². The first kappa shape index (κ1) is 5.02. The summed E-state index contributed by atoms with van der Waals surface area (Å²) in [6.07, 6.45) is 0. The Bertz CT molecular complexity index is 20.0. The Kier molecular flexibility index (Phi) is 5.04. The summed E-state index contributed by atoms with van der Waals surface area (Å²) in [5.74, 6) is 0. The minimum atomic E-state index is -0.193. The van der Waals surface area contributed by atoms with E-state index >= 15 is 0 Å². The second kappa shape index (κ2) is 4.02. The van der Waals surface area contributed by atoms with Gasteiger partial charge in [-0.15, -0.1) is 0 Å². The topological polar surface area (TPSA) is 0 Å². The molecule has 2 heteroatoms. The zero-order valence-electron chi connectivity index (χ0n) is 2.62. The third kappa shape index (κ3) is 3.02.